The van der Waals surface area contributed by atoms with Crippen molar-refractivity contribution in [3.63, 3.8) is 0 Å². The van der Waals surface area contributed by atoms with Crippen molar-refractivity contribution in [3.8, 4) is 11.1 Å². The fourth-order valence-electron chi connectivity index (χ4n) is 3.16. The Morgan fingerprint density at radius 2 is 1.75 bits per heavy atom. The van der Waals surface area contributed by atoms with E-state index in [-0.39, 0.29) is 0 Å². The van der Waals surface area contributed by atoms with Gasteiger partial charge in [0.1, 0.15) is 0 Å². The molecule has 2 heterocycles. The number of hydrogen-bond donors (Lipinski definition) is 0. The Hall–Kier alpha value is -1.61. The van der Waals surface area contributed by atoms with Gasteiger partial charge in [0.2, 0.25) is 0 Å². The van der Waals surface area contributed by atoms with Crippen molar-refractivity contribution in [3.05, 3.63) is 41.7 Å². The topological polar surface area (TPSA) is 21.1 Å². The quantitative estimate of drug-likeness (QED) is 0.849. The summed E-state index contributed by atoms with van der Waals surface area (Å²) in [5.74, 6) is 0. The first-order chi connectivity index (χ1) is 9.65. The van der Waals surface area contributed by atoms with Crippen molar-refractivity contribution in [2.45, 2.75) is 32.7 Å². The Morgan fingerprint density at radius 3 is 2.30 bits per heavy atom. The van der Waals surface area contributed by atoms with Crippen molar-refractivity contribution >= 4 is 0 Å². The van der Waals surface area contributed by atoms with Gasteiger partial charge in [-0.05, 0) is 50.9 Å². The van der Waals surface area contributed by atoms with Gasteiger partial charge in [-0.2, -0.15) is 5.10 Å². The Labute approximate surface area is 121 Å². The molecule has 0 unspecified atom stereocenters. The average Bonchev–Trinajstić information content (AvgIpc) is 3.08. The van der Waals surface area contributed by atoms with Gasteiger partial charge in [0.05, 0.1) is 5.69 Å². The summed E-state index contributed by atoms with van der Waals surface area (Å²) in [5.41, 5.74) is 4.99. The van der Waals surface area contributed by atoms with E-state index in [1.165, 1.54) is 42.6 Å². The highest BCUT2D eigenvalue weighted by Gasteiger charge is 2.19. The molecule has 1 aliphatic rings. The Morgan fingerprint density at radius 1 is 1.10 bits per heavy atom. The summed E-state index contributed by atoms with van der Waals surface area (Å²) in [6.45, 7) is 6.86. The van der Waals surface area contributed by atoms with Gasteiger partial charge in [-0.15, -0.1) is 0 Å². The van der Waals surface area contributed by atoms with Gasteiger partial charge in [0.15, 0.2) is 0 Å². The van der Waals surface area contributed by atoms with Crippen LogP contribution in [0, 0.1) is 6.92 Å². The molecule has 1 aromatic carbocycles. The minimum Gasteiger partial charge on any atom is -0.297 e. The second-order valence-corrected chi connectivity index (χ2v) is 5.84. The third-order valence-corrected chi connectivity index (χ3v) is 4.41. The Balaban J connectivity index is 1.82. The number of hydrogen-bond acceptors (Lipinski definition) is 2. The molecule has 1 fully saturated rings. The highest BCUT2D eigenvalue weighted by atomic mass is 15.2. The third-order valence-electron chi connectivity index (χ3n) is 4.41. The Bertz CT molecular complexity index is 577. The van der Waals surface area contributed by atoms with Gasteiger partial charge < -0.3 is 0 Å². The van der Waals surface area contributed by atoms with E-state index in [1.807, 2.05) is 11.7 Å². The third kappa shape index (κ3) is 2.50. The minimum absolute atomic E-state index is 0.529. The van der Waals surface area contributed by atoms with E-state index in [2.05, 4.69) is 54.3 Å². The molecule has 106 valence electrons. The first-order valence-electron chi connectivity index (χ1n) is 7.50. The summed E-state index contributed by atoms with van der Waals surface area (Å²) < 4.78 is 1.88. The predicted molar refractivity (Wildman–Crippen MR) is 82.6 cm³/mol. The SMILES string of the molecule is Cc1nn(C)cc1-c1ccc([C@H](C)N2CCCC2)cc1. The number of rotatable bonds is 3. The first kappa shape index (κ1) is 13.4. The van der Waals surface area contributed by atoms with Crippen molar-refractivity contribution in [2.24, 2.45) is 7.05 Å². The lowest BCUT2D eigenvalue weighted by molar-refractivity contribution is 0.263. The number of benzene rings is 1. The molecular weight excluding hydrogens is 246 g/mol. The minimum atomic E-state index is 0.529. The molecule has 3 nitrogen and oxygen atoms in total. The van der Waals surface area contributed by atoms with Gasteiger partial charge in [-0.25, -0.2) is 0 Å². The van der Waals surface area contributed by atoms with Gasteiger partial charge >= 0.3 is 0 Å². The van der Waals surface area contributed by atoms with Crippen LogP contribution in [0.4, 0.5) is 0 Å². The van der Waals surface area contributed by atoms with Crippen LogP contribution < -0.4 is 0 Å². The first-order valence-corrected chi connectivity index (χ1v) is 7.50. The molecule has 0 aliphatic carbocycles. The monoisotopic (exact) mass is 269 g/mol. The molecule has 0 spiro atoms. The molecule has 3 rings (SSSR count). The zero-order valence-electron chi connectivity index (χ0n) is 12.6. The Kier molecular flexibility index (Phi) is 3.62. The predicted octanol–water partition coefficient (Wildman–Crippen LogP) is 3.55. The van der Waals surface area contributed by atoms with Crippen LogP contribution in [0.5, 0.6) is 0 Å². The standard InChI is InChI=1S/C17H23N3/c1-13-17(12-19(3)18-13)16-8-6-15(7-9-16)14(2)20-10-4-5-11-20/h6-9,12,14H,4-5,10-11H2,1-3H3/t14-/m0/s1. The second kappa shape index (κ2) is 5.41. The van der Waals surface area contributed by atoms with Gasteiger partial charge in [0, 0.05) is 24.8 Å². The fraction of sp³-hybridized carbons (Fsp3) is 0.471. The maximum absolute atomic E-state index is 4.42. The zero-order valence-corrected chi connectivity index (χ0v) is 12.6. The van der Waals surface area contributed by atoms with Crippen LogP contribution in [0.15, 0.2) is 30.5 Å². The molecule has 0 amide bonds. The smallest absolute Gasteiger partial charge is 0.0671 e. The van der Waals surface area contributed by atoms with E-state index in [0.29, 0.717) is 6.04 Å². The largest absolute Gasteiger partial charge is 0.297 e. The van der Waals surface area contributed by atoms with Crippen molar-refractivity contribution in [1.29, 1.82) is 0 Å². The van der Waals surface area contributed by atoms with E-state index in [1.54, 1.807) is 0 Å². The molecule has 1 aliphatic heterocycles. The molecule has 3 heteroatoms. The highest BCUT2D eigenvalue weighted by Crippen LogP contribution is 2.28. The van der Waals surface area contributed by atoms with E-state index in [9.17, 15) is 0 Å². The van der Waals surface area contributed by atoms with Gasteiger partial charge in [0.25, 0.3) is 0 Å². The molecule has 1 atom stereocenters. The maximum Gasteiger partial charge on any atom is 0.0671 e. The molecular formula is C17H23N3. The molecule has 0 radical (unpaired) electrons. The summed E-state index contributed by atoms with van der Waals surface area (Å²) in [7, 11) is 1.97. The summed E-state index contributed by atoms with van der Waals surface area (Å²) in [6, 6.07) is 9.52. The van der Waals surface area contributed by atoms with E-state index < -0.39 is 0 Å². The van der Waals surface area contributed by atoms with Crippen LogP contribution in [0.1, 0.15) is 37.1 Å². The van der Waals surface area contributed by atoms with Crippen LogP contribution in [0.3, 0.4) is 0 Å². The molecule has 1 aromatic heterocycles. The zero-order chi connectivity index (χ0) is 14.1. The van der Waals surface area contributed by atoms with E-state index in [0.717, 1.165) is 5.69 Å². The normalized spacial score (nSPS) is 17.6. The van der Waals surface area contributed by atoms with Crippen LogP contribution >= 0.6 is 0 Å². The number of nitrogens with zero attached hydrogens (tertiary/aromatic N) is 3. The van der Waals surface area contributed by atoms with E-state index in [4.69, 9.17) is 0 Å². The highest BCUT2D eigenvalue weighted by molar-refractivity contribution is 5.65. The lowest BCUT2D eigenvalue weighted by Gasteiger charge is -2.24. The lowest BCUT2D eigenvalue weighted by atomic mass is 10.0. The second-order valence-electron chi connectivity index (χ2n) is 5.84. The fourth-order valence-corrected chi connectivity index (χ4v) is 3.16. The van der Waals surface area contributed by atoms with E-state index >= 15 is 0 Å². The summed E-state index contributed by atoms with van der Waals surface area (Å²) in [6.07, 6.45) is 4.78. The van der Waals surface area contributed by atoms with Crippen molar-refractivity contribution < 1.29 is 0 Å². The molecule has 0 N–H and O–H groups in total. The van der Waals surface area contributed by atoms with Gasteiger partial charge in [-0.3, -0.25) is 9.58 Å². The summed E-state index contributed by atoms with van der Waals surface area (Å²) in [4.78, 5) is 2.57. The molecule has 0 bridgehead atoms. The van der Waals surface area contributed by atoms with Crippen molar-refractivity contribution in [1.82, 2.24) is 14.7 Å². The van der Waals surface area contributed by atoms with Gasteiger partial charge in [-0.1, -0.05) is 24.3 Å². The number of aromatic nitrogens is 2. The number of aryl methyl sites for hydroxylation is 2. The molecule has 1 saturated heterocycles. The van der Waals surface area contributed by atoms with Crippen LogP contribution in [-0.2, 0) is 7.05 Å². The van der Waals surface area contributed by atoms with Crippen LogP contribution in [0.25, 0.3) is 11.1 Å². The number of likely N-dealkylation sites (tertiary alicyclic amines) is 1. The molecule has 0 saturated carbocycles. The summed E-state index contributed by atoms with van der Waals surface area (Å²) in [5, 5.41) is 4.42. The van der Waals surface area contributed by atoms with Crippen LogP contribution in [-0.4, -0.2) is 27.8 Å². The summed E-state index contributed by atoms with van der Waals surface area (Å²) >= 11 is 0. The van der Waals surface area contributed by atoms with Crippen molar-refractivity contribution in [2.75, 3.05) is 13.1 Å². The maximum atomic E-state index is 4.42. The van der Waals surface area contributed by atoms with Crippen LogP contribution in [0.2, 0.25) is 0 Å². The molecule has 2 aromatic rings. The lowest BCUT2D eigenvalue weighted by Crippen LogP contribution is -2.23. The molecule has 20 heavy (non-hydrogen) atoms. The average molecular weight is 269 g/mol.